The number of halogens is 1. The maximum atomic E-state index is 13.1. The summed E-state index contributed by atoms with van der Waals surface area (Å²) in [5.41, 5.74) is 1.46. The van der Waals surface area contributed by atoms with Crippen molar-refractivity contribution in [1.82, 2.24) is 4.90 Å². The summed E-state index contributed by atoms with van der Waals surface area (Å²) in [4.78, 5) is 16.1. The predicted molar refractivity (Wildman–Crippen MR) is 101 cm³/mol. The second-order valence-electron chi connectivity index (χ2n) is 6.87. The molecule has 1 N–H and O–H groups in total. The number of piperidine rings is 1. The zero-order valence-electron chi connectivity index (χ0n) is 14.6. The molecule has 1 aliphatic heterocycles. The van der Waals surface area contributed by atoms with Gasteiger partial charge in [-0.25, -0.2) is 4.39 Å². The van der Waals surface area contributed by atoms with E-state index in [2.05, 4.69) is 27.7 Å². The molecule has 2 heterocycles. The van der Waals surface area contributed by atoms with Crippen molar-refractivity contribution < 1.29 is 9.18 Å². The van der Waals surface area contributed by atoms with E-state index in [0.717, 1.165) is 31.6 Å². The number of hydrogen-bond acceptors (Lipinski definition) is 3. The lowest BCUT2D eigenvalue weighted by Gasteiger charge is -2.32. The molecule has 0 saturated carbocycles. The number of anilines is 1. The monoisotopic (exact) mass is 360 g/mol. The zero-order chi connectivity index (χ0) is 17.6. The lowest BCUT2D eigenvalue weighted by Crippen LogP contribution is -2.35. The molecule has 0 unspecified atom stereocenters. The smallest absolute Gasteiger partial charge is 0.224 e. The summed E-state index contributed by atoms with van der Waals surface area (Å²) in [6.45, 7) is 5.05. The first-order valence-corrected chi connectivity index (χ1v) is 9.79. The van der Waals surface area contributed by atoms with Crippen molar-refractivity contribution in [2.45, 2.75) is 39.2 Å². The highest BCUT2D eigenvalue weighted by Gasteiger charge is 2.21. The van der Waals surface area contributed by atoms with Crippen molar-refractivity contribution in [2.24, 2.45) is 5.92 Å². The van der Waals surface area contributed by atoms with Gasteiger partial charge in [0.25, 0.3) is 0 Å². The summed E-state index contributed by atoms with van der Waals surface area (Å²) in [5.74, 6) is 0.322. The number of nitrogens with one attached hydrogen (secondary N) is 1. The number of rotatable bonds is 6. The van der Waals surface area contributed by atoms with E-state index < -0.39 is 0 Å². The molecule has 0 spiro atoms. The third-order valence-corrected chi connectivity index (χ3v) is 5.67. The van der Waals surface area contributed by atoms with Crippen molar-refractivity contribution in [1.29, 1.82) is 0 Å². The molecule has 1 atom stereocenters. The van der Waals surface area contributed by atoms with E-state index in [0.29, 0.717) is 18.0 Å². The molecule has 25 heavy (non-hydrogen) atoms. The van der Waals surface area contributed by atoms with Gasteiger partial charge in [-0.2, -0.15) is 0 Å². The Kier molecular flexibility index (Phi) is 6.21. The number of aryl methyl sites for hydroxylation is 1. The first kappa shape index (κ1) is 18.1. The fourth-order valence-electron chi connectivity index (χ4n) is 3.47. The molecule has 5 heteroatoms. The molecule has 1 aliphatic rings. The highest BCUT2D eigenvalue weighted by atomic mass is 32.1. The predicted octanol–water partition coefficient (Wildman–Crippen LogP) is 4.83. The minimum atomic E-state index is -0.275. The highest BCUT2D eigenvalue weighted by Crippen LogP contribution is 2.24. The number of likely N-dealkylation sites (tertiary alicyclic amines) is 1. The van der Waals surface area contributed by atoms with E-state index in [1.165, 1.54) is 29.9 Å². The van der Waals surface area contributed by atoms with E-state index in [-0.39, 0.29) is 11.7 Å². The first-order chi connectivity index (χ1) is 12.1. The molecule has 1 aromatic heterocycles. The Hall–Kier alpha value is -1.72. The van der Waals surface area contributed by atoms with Crippen molar-refractivity contribution in [3.63, 3.8) is 0 Å². The van der Waals surface area contributed by atoms with Crippen molar-refractivity contribution in [2.75, 3.05) is 18.4 Å². The lowest BCUT2D eigenvalue weighted by atomic mass is 9.93. The van der Waals surface area contributed by atoms with Crippen LogP contribution in [0.1, 0.15) is 36.1 Å². The Morgan fingerprint density at radius 3 is 3.04 bits per heavy atom. The average Bonchev–Trinajstić information content (AvgIpc) is 3.09. The summed E-state index contributed by atoms with van der Waals surface area (Å²) >= 11 is 1.81. The van der Waals surface area contributed by atoms with Crippen LogP contribution in [-0.2, 0) is 11.3 Å². The summed E-state index contributed by atoms with van der Waals surface area (Å²) in [7, 11) is 0. The number of benzene rings is 1. The number of amides is 1. The van der Waals surface area contributed by atoms with Gasteiger partial charge >= 0.3 is 0 Å². The average molecular weight is 360 g/mol. The van der Waals surface area contributed by atoms with Crippen LogP contribution in [0.15, 0.2) is 35.7 Å². The van der Waals surface area contributed by atoms with Crippen LogP contribution in [-0.4, -0.2) is 23.9 Å². The number of carbonyl (C=O) groups excluding carboxylic acids is 1. The molecule has 1 aromatic carbocycles. The Morgan fingerprint density at radius 1 is 1.40 bits per heavy atom. The minimum Gasteiger partial charge on any atom is -0.326 e. The summed E-state index contributed by atoms with van der Waals surface area (Å²) in [5, 5.41) is 5.03. The molecule has 0 aliphatic carbocycles. The maximum absolute atomic E-state index is 13.1. The molecule has 0 radical (unpaired) electrons. The van der Waals surface area contributed by atoms with E-state index >= 15 is 0 Å². The number of thiophene rings is 1. The first-order valence-electron chi connectivity index (χ1n) is 8.91. The number of nitrogens with zero attached hydrogens (tertiary/aromatic N) is 1. The second kappa shape index (κ2) is 8.59. The van der Waals surface area contributed by atoms with Gasteiger partial charge in [0.05, 0.1) is 0 Å². The molecular weight excluding hydrogens is 335 g/mol. The molecule has 1 saturated heterocycles. The standard InChI is InChI=1S/C20H25FN2OS/c1-15-12-17(21)7-8-19(15)22-20(24)9-6-16-4-2-10-23(13-16)14-18-5-3-11-25-18/h3,5,7-8,11-12,16H,2,4,6,9-10,13-14H2,1H3,(H,22,24)/t16-/m1/s1. The van der Waals surface area contributed by atoms with Crippen LogP contribution < -0.4 is 5.32 Å². The van der Waals surface area contributed by atoms with Crippen LogP contribution in [0.3, 0.4) is 0 Å². The van der Waals surface area contributed by atoms with E-state index in [1.54, 1.807) is 6.07 Å². The molecule has 1 amide bonds. The molecule has 0 bridgehead atoms. The van der Waals surface area contributed by atoms with E-state index in [4.69, 9.17) is 0 Å². The number of hydrogen-bond donors (Lipinski definition) is 1. The van der Waals surface area contributed by atoms with Gasteiger partial charge in [0, 0.05) is 30.1 Å². The third-order valence-electron chi connectivity index (χ3n) is 4.80. The fourth-order valence-corrected chi connectivity index (χ4v) is 4.21. The fraction of sp³-hybridized carbons (Fsp3) is 0.450. The van der Waals surface area contributed by atoms with Crippen LogP contribution in [0.2, 0.25) is 0 Å². The summed E-state index contributed by atoms with van der Waals surface area (Å²) < 4.78 is 13.1. The SMILES string of the molecule is Cc1cc(F)ccc1NC(=O)CC[C@H]1CCCN(Cc2cccs2)C1. The van der Waals surface area contributed by atoms with Crippen molar-refractivity contribution in [3.8, 4) is 0 Å². The van der Waals surface area contributed by atoms with E-state index in [1.807, 2.05) is 18.3 Å². The third kappa shape index (κ3) is 5.38. The Balaban J connectivity index is 1.45. The zero-order valence-corrected chi connectivity index (χ0v) is 15.4. The van der Waals surface area contributed by atoms with Gasteiger partial charge in [0.2, 0.25) is 5.91 Å². The Labute approximate surface area is 152 Å². The van der Waals surface area contributed by atoms with Crippen LogP contribution in [0.5, 0.6) is 0 Å². The Bertz CT molecular complexity index is 702. The highest BCUT2D eigenvalue weighted by molar-refractivity contribution is 7.09. The lowest BCUT2D eigenvalue weighted by molar-refractivity contribution is -0.116. The number of carbonyl (C=O) groups is 1. The van der Waals surface area contributed by atoms with Gasteiger partial charge in [-0.1, -0.05) is 6.07 Å². The molecular formula is C20H25FN2OS. The topological polar surface area (TPSA) is 32.3 Å². The normalized spacial score (nSPS) is 18.2. The molecule has 1 fully saturated rings. The van der Waals surface area contributed by atoms with Gasteiger partial charge in [-0.3, -0.25) is 9.69 Å². The molecule has 3 nitrogen and oxygen atoms in total. The van der Waals surface area contributed by atoms with Crippen molar-refractivity contribution in [3.05, 3.63) is 52.0 Å². The summed E-state index contributed by atoms with van der Waals surface area (Å²) in [6, 6.07) is 8.74. The van der Waals surface area contributed by atoms with E-state index in [9.17, 15) is 9.18 Å². The van der Waals surface area contributed by atoms with Gasteiger partial charge in [0.15, 0.2) is 0 Å². The largest absolute Gasteiger partial charge is 0.326 e. The van der Waals surface area contributed by atoms with Crippen LogP contribution in [0.4, 0.5) is 10.1 Å². The minimum absolute atomic E-state index is 0.0186. The Morgan fingerprint density at radius 2 is 2.28 bits per heavy atom. The van der Waals surface area contributed by atoms with Crippen molar-refractivity contribution >= 4 is 22.9 Å². The van der Waals surface area contributed by atoms with Crippen LogP contribution >= 0.6 is 11.3 Å². The quantitative estimate of drug-likeness (QED) is 0.800. The maximum Gasteiger partial charge on any atom is 0.224 e. The van der Waals surface area contributed by atoms with Crippen LogP contribution in [0.25, 0.3) is 0 Å². The van der Waals surface area contributed by atoms with Crippen LogP contribution in [0, 0.1) is 18.7 Å². The molecule has 3 rings (SSSR count). The van der Waals surface area contributed by atoms with Gasteiger partial charge in [-0.15, -0.1) is 11.3 Å². The molecule has 2 aromatic rings. The summed E-state index contributed by atoms with van der Waals surface area (Å²) in [6.07, 6.45) is 3.83. The molecule has 134 valence electrons. The van der Waals surface area contributed by atoms with Gasteiger partial charge in [-0.05, 0) is 73.9 Å². The van der Waals surface area contributed by atoms with Gasteiger partial charge < -0.3 is 5.32 Å². The second-order valence-corrected chi connectivity index (χ2v) is 7.90. The van der Waals surface area contributed by atoms with Gasteiger partial charge in [0.1, 0.15) is 5.82 Å².